The largest absolute Gasteiger partial charge is 0.456 e. The van der Waals surface area contributed by atoms with Crippen LogP contribution in [0, 0.1) is 17.9 Å². The highest BCUT2D eigenvalue weighted by molar-refractivity contribution is 7.26. The molecule has 0 saturated carbocycles. The molecule has 9 aromatic carbocycles. The first-order valence-electron chi connectivity index (χ1n) is 22.4. The number of aromatic nitrogens is 4. The number of hydrogen-bond donors (Lipinski definition) is 0. The molecule has 0 amide bonds. The zero-order chi connectivity index (χ0) is 44.8. The molecule has 0 aliphatic rings. The fraction of sp³-hybridized carbons (Fsp3) is 0. The normalized spacial score (nSPS) is 12.1. The second kappa shape index (κ2) is 13.6. The number of benzene rings is 9. The van der Waals surface area contributed by atoms with Gasteiger partial charge in [0, 0.05) is 71.3 Å². The summed E-state index contributed by atoms with van der Waals surface area (Å²) in [4.78, 5) is 14.9. The first-order valence-corrected chi connectivity index (χ1v) is 23.2. The molecule has 0 aliphatic heterocycles. The predicted octanol–water partition coefficient (Wildman–Crippen LogP) is 16.4. The molecule has 312 valence electrons. The zero-order valence-corrected chi connectivity index (χ0v) is 36.6. The topological polar surface area (TPSA) is 76.9 Å². The summed E-state index contributed by atoms with van der Waals surface area (Å²) in [6.07, 6.45) is 3.73. The molecule has 0 atom stereocenters. The van der Waals surface area contributed by atoms with E-state index < -0.39 is 0 Å². The van der Waals surface area contributed by atoms with Crippen LogP contribution in [0.5, 0.6) is 0 Å². The van der Waals surface area contributed by atoms with Crippen LogP contribution in [-0.4, -0.2) is 19.1 Å². The van der Waals surface area contributed by atoms with Crippen molar-refractivity contribution < 1.29 is 4.42 Å². The van der Waals surface area contributed by atoms with Crippen molar-refractivity contribution in [1.29, 1.82) is 5.26 Å². The highest BCUT2D eigenvalue weighted by atomic mass is 32.1. The Morgan fingerprint density at radius 2 is 1.12 bits per heavy atom. The first-order chi connectivity index (χ1) is 33.7. The van der Waals surface area contributed by atoms with Crippen LogP contribution < -0.4 is 0 Å². The van der Waals surface area contributed by atoms with E-state index >= 15 is 0 Å². The van der Waals surface area contributed by atoms with Gasteiger partial charge in [-0.3, -0.25) is 4.57 Å². The standard InChI is InChI=1S/C60H30N6OS/c1-62-54-50(33-14-4-2-5-15-33)45(32-61)55(51(34-16-6-3-7-17-34)57(54)66-59-52-39(26-28-63-59)35-18-8-9-19-36(35)40-27-29-64-60(66)53(40)52)65-46-30-44-37-20-10-12-22-47(37)67-48(44)31-43(46)41-24-25-42-38-21-11-13-23-49(38)68-58(42)56(41)65/h2-31H. The van der Waals surface area contributed by atoms with Gasteiger partial charge in [0.2, 0.25) is 5.69 Å². The smallest absolute Gasteiger partial charge is 0.220 e. The molecule has 0 N–H and O–H groups in total. The van der Waals surface area contributed by atoms with Crippen molar-refractivity contribution in [2.45, 2.75) is 0 Å². The second-order valence-corrected chi connectivity index (χ2v) is 18.4. The zero-order valence-electron chi connectivity index (χ0n) is 35.8. The number of hydrogen-bond acceptors (Lipinski definition) is 5. The van der Waals surface area contributed by atoms with Crippen molar-refractivity contribution in [1.82, 2.24) is 19.1 Å². The SMILES string of the molecule is [C-]#[N+]c1c(-c2ccccc2)c(C#N)c(-n2c3cc4c(cc3c3ccc5c6ccccc6sc5c32)oc2ccccc24)c(-c2ccccc2)c1-n1c2nccc3c4ccccc4c4ccnc1c4c32. The Balaban J connectivity index is 1.25. The molecule has 8 heteroatoms. The molecule has 0 saturated heterocycles. The fourth-order valence-electron chi connectivity index (χ4n) is 11.3. The highest BCUT2D eigenvalue weighted by Crippen LogP contribution is 2.54. The van der Waals surface area contributed by atoms with Gasteiger partial charge in [0.15, 0.2) is 0 Å². The molecular formula is C60H30N6OS. The summed E-state index contributed by atoms with van der Waals surface area (Å²) >= 11 is 1.76. The molecular weight excluding hydrogens is 853 g/mol. The number of rotatable bonds is 4. The van der Waals surface area contributed by atoms with E-state index in [1.807, 2.05) is 79.1 Å². The molecule has 0 bridgehead atoms. The third-order valence-electron chi connectivity index (χ3n) is 14.0. The molecule has 0 aliphatic carbocycles. The van der Waals surface area contributed by atoms with E-state index in [2.05, 4.69) is 123 Å². The van der Waals surface area contributed by atoms with Crippen LogP contribution in [-0.2, 0) is 0 Å². The van der Waals surface area contributed by atoms with Crippen molar-refractivity contribution in [3.8, 4) is 39.7 Å². The molecule has 15 aromatic rings. The van der Waals surface area contributed by atoms with Gasteiger partial charge in [-0.25, -0.2) is 14.8 Å². The van der Waals surface area contributed by atoms with Gasteiger partial charge in [-0.1, -0.05) is 133 Å². The van der Waals surface area contributed by atoms with E-state index in [9.17, 15) is 11.8 Å². The van der Waals surface area contributed by atoms with E-state index in [0.29, 0.717) is 39.5 Å². The molecule has 0 unspecified atom stereocenters. The molecule has 0 fully saturated rings. The fourth-order valence-corrected chi connectivity index (χ4v) is 12.5. The van der Waals surface area contributed by atoms with Gasteiger partial charge in [0.1, 0.15) is 28.5 Å². The number of furan rings is 1. The lowest BCUT2D eigenvalue weighted by Crippen LogP contribution is -2.09. The maximum Gasteiger partial charge on any atom is 0.220 e. The van der Waals surface area contributed by atoms with Crippen molar-refractivity contribution in [3.05, 3.63) is 199 Å². The summed E-state index contributed by atoms with van der Waals surface area (Å²) in [5.74, 6) is 0. The average Bonchev–Trinajstić information content (AvgIpc) is 4.15. The Hall–Kier alpha value is -9.34. The molecule has 68 heavy (non-hydrogen) atoms. The Labute approximate surface area is 390 Å². The summed E-state index contributed by atoms with van der Waals surface area (Å²) in [6, 6.07) is 61.1. The minimum atomic E-state index is 0.335. The Morgan fingerprint density at radius 3 is 1.79 bits per heavy atom. The van der Waals surface area contributed by atoms with Crippen molar-refractivity contribution in [3.63, 3.8) is 0 Å². The number of nitrogens with zero attached hydrogens (tertiary/aromatic N) is 6. The van der Waals surface area contributed by atoms with Crippen molar-refractivity contribution >= 4 is 125 Å². The van der Waals surface area contributed by atoms with Gasteiger partial charge in [0.25, 0.3) is 0 Å². The van der Waals surface area contributed by atoms with Gasteiger partial charge < -0.3 is 8.98 Å². The summed E-state index contributed by atoms with van der Waals surface area (Å²) in [7, 11) is 0. The van der Waals surface area contributed by atoms with Crippen molar-refractivity contribution in [2.75, 3.05) is 0 Å². The van der Waals surface area contributed by atoms with E-state index in [4.69, 9.17) is 14.4 Å². The summed E-state index contributed by atoms with van der Waals surface area (Å²) < 4.78 is 13.3. The Bertz CT molecular complexity index is 4670. The van der Waals surface area contributed by atoms with E-state index in [1.54, 1.807) is 11.3 Å². The van der Waals surface area contributed by atoms with E-state index in [1.165, 1.54) is 10.1 Å². The minimum Gasteiger partial charge on any atom is -0.456 e. The Morgan fingerprint density at radius 1 is 0.515 bits per heavy atom. The van der Waals surface area contributed by atoms with Crippen LogP contribution in [0.3, 0.4) is 0 Å². The lowest BCUT2D eigenvalue weighted by atomic mass is 9.88. The van der Waals surface area contributed by atoms with Gasteiger partial charge in [0.05, 0.1) is 39.2 Å². The lowest BCUT2D eigenvalue weighted by Gasteiger charge is -2.25. The van der Waals surface area contributed by atoms with Crippen LogP contribution >= 0.6 is 11.3 Å². The third-order valence-corrected chi connectivity index (χ3v) is 15.2. The van der Waals surface area contributed by atoms with Gasteiger partial charge in [-0.05, 0) is 69.1 Å². The third kappa shape index (κ3) is 4.73. The van der Waals surface area contributed by atoms with Crippen molar-refractivity contribution in [2.24, 2.45) is 0 Å². The maximum absolute atomic E-state index is 12.0. The van der Waals surface area contributed by atoms with Crippen LogP contribution in [0.2, 0.25) is 0 Å². The molecule has 0 spiro atoms. The van der Waals surface area contributed by atoms with Crippen LogP contribution in [0.25, 0.3) is 146 Å². The van der Waals surface area contributed by atoms with Gasteiger partial charge in [-0.15, -0.1) is 11.3 Å². The number of para-hydroxylation sites is 1. The quantitative estimate of drug-likeness (QED) is 0.130. The highest BCUT2D eigenvalue weighted by Gasteiger charge is 2.34. The van der Waals surface area contributed by atoms with Gasteiger partial charge in [-0.2, -0.15) is 5.26 Å². The number of fused-ring (bicyclic) bond motifs is 13. The van der Waals surface area contributed by atoms with Crippen LogP contribution in [0.4, 0.5) is 5.69 Å². The number of pyridine rings is 2. The molecule has 6 aromatic heterocycles. The van der Waals surface area contributed by atoms with Crippen LogP contribution in [0.1, 0.15) is 5.56 Å². The van der Waals surface area contributed by atoms with E-state index in [-0.39, 0.29) is 0 Å². The minimum absolute atomic E-state index is 0.335. The predicted molar refractivity (Wildman–Crippen MR) is 279 cm³/mol. The van der Waals surface area contributed by atoms with Crippen LogP contribution in [0.15, 0.2) is 187 Å². The summed E-state index contributed by atoms with van der Waals surface area (Å²) in [5, 5.41) is 24.6. The van der Waals surface area contributed by atoms with E-state index in [0.717, 1.165) is 103 Å². The molecule has 15 rings (SSSR count). The monoisotopic (exact) mass is 882 g/mol. The average molecular weight is 883 g/mol. The molecule has 0 radical (unpaired) electrons. The number of thiophene rings is 1. The molecule has 6 heterocycles. The second-order valence-electron chi connectivity index (χ2n) is 17.4. The molecule has 7 nitrogen and oxygen atoms in total. The summed E-state index contributed by atoms with van der Waals surface area (Å²) in [6.45, 7) is 9.30. The summed E-state index contributed by atoms with van der Waals surface area (Å²) in [5.41, 5.74) is 9.70. The Kier molecular flexibility index (Phi) is 7.39. The first kappa shape index (κ1) is 36.9. The maximum atomic E-state index is 12.0. The lowest BCUT2D eigenvalue weighted by molar-refractivity contribution is 0.669. The van der Waals surface area contributed by atoms with Gasteiger partial charge >= 0.3 is 0 Å². The number of nitriles is 1.